The second kappa shape index (κ2) is 1.18. The average molecular weight is 78.1 g/mol. The Morgan fingerprint density at radius 2 is 2.50 bits per heavy atom. The van der Waals surface area contributed by atoms with Crippen LogP contribution in [0, 0.1) is 11.8 Å². The van der Waals surface area contributed by atoms with E-state index in [1.165, 1.54) is 0 Å². The predicted molar refractivity (Wildman–Crippen MR) is 26.1 cm³/mol. The normalized spacial score (nSPS) is 17.0. The van der Waals surface area contributed by atoms with Gasteiger partial charge in [-0.25, -0.2) is 0 Å². The van der Waals surface area contributed by atoms with Crippen molar-refractivity contribution < 1.29 is 0 Å². The quantitative estimate of drug-likeness (QED) is 0.383. The summed E-state index contributed by atoms with van der Waals surface area (Å²) in [7, 11) is 0. The molecule has 0 heterocycles. The van der Waals surface area contributed by atoms with Gasteiger partial charge in [-0.15, -0.1) is 0 Å². The molecule has 6 heavy (non-hydrogen) atoms. The second-order valence-electron chi connectivity index (χ2n) is 1.41. The summed E-state index contributed by atoms with van der Waals surface area (Å²) in [6.07, 6.45) is 2.10. The Labute approximate surface area is 37.9 Å². The van der Waals surface area contributed by atoms with Crippen LogP contribution in [0.25, 0.3) is 0 Å². The Kier molecular flexibility index (Phi) is 0.686. The minimum atomic E-state index is 1.03. The minimum absolute atomic E-state index is 1.03. The lowest BCUT2D eigenvalue weighted by atomic mass is 10.3. The Hall–Kier alpha value is -0.700. The van der Waals surface area contributed by atoms with Crippen LogP contribution in [0.1, 0.15) is 12.8 Å². The molecule has 0 amide bonds. The highest BCUT2D eigenvalue weighted by atomic mass is 13.9. The molecule has 0 fully saturated rings. The molecule has 0 aliphatic heterocycles. The molecule has 0 saturated heterocycles. The molecule has 0 aromatic carbocycles. The van der Waals surface area contributed by atoms with E-state index in [9.17, 15) is 0 Å². The van der Waals surface area contributed by atoms with Crippen molar-refractivity contribution in [1.29, 1.82) is 0 Å². The van der Waals surface area contributed by atoms with Crippen LogP contribution < -0.4 is 0 Å². The maximum absolute atomic E-state index is 3.68. The lowest BCUT2D eigenvalue weighted by Crippen LogP contribution is -1.61. The Morgan fingerprint density at radius 3 is 2.67 bits per heavy atom. The SMILES string of the molecule is C=C1C#CCC1. The van der Waals surface area contributed by atoms with Crippen LogP contribution in [0.15, 0.2) is 12.2 Å². The van der Waals surface area contributed by atoms with Crippen molar-refractivity contribution in [3.05, 3.63) is 12.2 Å². The number of hydrogen-bond acceptors (Lipinski definition) is 0. The Balaban J connectivity index is 2.68. The van der Waals surface area contributed by atoms with E-state index in [1.807, 2.05) is 0 Å². The van der Waals surface area contributed by atoms with Gasteiger partial charge in [-0.2, -0.15) is 0 Å². The van der Waals surface area contributed by atoms with Crippen molar-refractivity contribution in [2.45, 2.75) is 12.8 Å². The summed E-state index contributed by atoms with van der Waals surface area (Å²) in [6.45, 7) is 3.68. The molecule has 30 valence electrons. The van der Waals surface area contributed by atoms with E-state index in [4.69, 9.17) is 0 Å². The zero-order chi connectivity index (χ0) is 4.41. The average Bonchev–Trinajstić information content (AvgIpc) is 1.86. The van der Waals surface area contributed by atoms with Crippen molar-refractivity contribution in [2.75, 3.05) is 0 Å². The fourth-order valence-corrected chi connectivity index (χ4v) is 0.463. The van der Waals surface area contributed by atoms with Crippen LogP contribution in [-0.2, 0) is 0 Å². The molecule has 1 aliphatic rings. The van der Waals surface area contributed by atoms with E-state index in [1.54, 1.807) is 0 Å². The third kappa shape index (κ3) is 0.440. The molecule has 0 bridgehead atoms. The Morgan fingerprint density at radius 1 is 1.67 bits per heavy atom. The topological polar surface area (TPSA) is 0 Å². The molecule has 0 aromatic rings. The zero-order valence-corrected chi connectivity index (χ0v) is 3.62. The molecule has 1 rings (SSSR count). The van der Waals surface area contributed by atoms with Gasteiger partial charge in [0.2, 0.25) is 0 Å². The zero-order valence-electron chi connectivity index (χ0n) is 3.62. The predicted octanol–water partition coefficient (Wildman–Crippen LogP) is 1.34. The van der Waals surface area contributed by atoms with Crippen molar-refractivity contribution in [3.8, 4) is 11.8 Å². The van der Waals surface area contributed by atoms with Crippen molar-refractivity contribution in [3.63, 3.8) is 0 Å². The summed E-state index contributed by atoms with van der Waals surface area (Å²) in [6, 6.07) is 0. The van der Waals surface area contributed by atoms with E-state index < -0.39 is 0 Å². The molecule has 0 nitrogen and oxygen atoms in total. The maximum atomic E-state index is 3.68. The number of allylic oxidation sites excluding steroid dienone is 1. The van der Waals surface area contributed by atoms with Gasteiger partial charge >= 0.3 is 0 Å². The fourth-order valence-electron chi connectivity index (χ4n) is 0.463. The highest BCUT2D eigenvalue weighted by Crippen LogP contribution is 2.04. The molecular weight excluding hydrogens is 72.1 g/mol. The van der Waals surface area contributed by atoms with Crippen LogP contribution in [0.5, 0.6) is 0 Å². The molecule has 0 N–H and O–H groups in total. The van der Waals surface area contributed by atoms with Gasteiger partial charge in [0.15, 0.2) is 0 Å². The Bertz CT molecular complexity index is 121. The summed E-state index contributed by atoms with van der Waals surface area (Å²) in [5.74, 6) is 5.80. The molecule has 0 unspecified atom stereocenters. The molecule has 0 spiro atoms. The van der Waals surface area contributed by atoms with Crippen molar-refractivity contribution in [1.82, 2.24) is 0 Å². The van der Waals surface area contributed by atoms with Crippen LogP contribution in [0.4, 0.5) is 0 Å². The first-order valence-electron chi connectivity index (χ1n) is 2.06. The maximum Gasteiger partial charge on any atom is 0.0139 e. The molecule has 1 aliphatic carbocycles. The van der Waals surface area contributed by atoms with E-state index >= 15 is 0 Å². The summed E-state index contributed by atoms with van der Waals surface area (Å²) >= 11 is 0. The highest BCUT2D eigenvalue weighted by molar-refractivity contribution is 5.31. The number of rotatable bonds is 0. The van der Waals surface area contributed by atoms with Crippen LogP contribution in [0.2, 0.25) is 0 Å². The highest BCUT2D eigenvalue weighted by Gasteiger charge is 1.90. The molecular formula is C6H6. The van der Waals surface area contributed by atoms with E-state index in [0.29, 0.717) is 0 Å². The third-order valence-electron chi connectivity index (χ3n) is 0.817. The monoisotopic (exact) mass is 78.0 g/mol. The molecule has 0 aromatic heterocycles. The third-order valence-corrected chi connectivity index (χ3v) is 0.817. The van der Waals surface area contributed by atoms with Gasteiger partial charge in [0.1, 0.15) is 0 Å². The van der Waals surface area contributed by atoms with Gasteiger partial charge in [-0.3, -0.25) is 0 Å². The van der Waals surface area contributed by atoms with Gasteiger partial charge in [-0.05, 0) is 12.0 Å². The number of hydrogen-bond donors (Lipinski definition) is 0. The van der Waals surface area contributed by atoms with Crippen LogP contribution >= 0.6 is 0 Å². The van der Waals surface area contributed by atoms with E-state index in [-0.39, 0.29) is 0 Å². The smallest absolute Gasteiger partial charge is 0.0139 e. The van der Waals surface area contributed by atoms with Crippen molar-refractivity contribution >= 4 is 0 Å². The lowest BCUT2D eigenvalue weighted by Gasteiger charge is -1.76. The standard InChI is InChI=1S/C6H6/c1-6-4-2-3-5-6/h1-2,4H2. The first-order chi connectivity index (χ1) is 2.89. The molecule has 0 saturated carbocycles. The van der Waals surface area contributed by atoms with Gasteiger partial charge in [0.05, 0.1) is 0 Å². The lowest BCUT2D eigenvalue weighted by molar-refractivity contribution is 1.08. The molecule has 0 atom stereocenters. The fraction of sp³-hybridized carbons (Fsp3) is 0.333. The summed E-state index contributed by atoms with van der Waals surface area (Å²) in [4.78, 5) is 0. The van der Waals surface area contributed by atoms with Gasteiger partial charge < -0.3 is 0 Å². The minimum Gasteiger partial charge on any atom is -0.0979 e. The first kappa shape index (κ1) is 3.49. The van der Waals surface area contributed by atoms with Crippen LogP contribution in [0.3, 0.4) is 0 Å². The molecule has 0 heteroatoms. The summed E-state index contributed by atoms with van der Waals surface area (Å²) < 4.78 is 0. The summed E-state index contributed by atoms with van der Waals surface area (Å²) in [5, 5.41) is 0. The van der Waals surface area contributed by atoms with E-state index in [0.717, 1.165) is 18.4 Å². The van der Waals surface area contributed by atoms with Gasteiger partial charge in [-0.1, -0.05) is 18.4 Å². The first-order valence-corrected chi connectivity index (χ1v) is 2.06. The van der Waals surface area contributed by atoms with E-state index in [2.05, 4.69) is 18.4 Å². The molecule has 0 radical (unpaired) electrons. The van der Waals surface area contributed by atoms with Crippen LogP contribution in [-0.4, -0.2) is 0 Å². The van der Waals surface area contributed by atoms with Crippen molar-refractivity contribution in [2.24, 2.45) is 0 Å². The summed E-state index contributed by atoms with van der Waals surface area (Å²) in [5.41, 5.74) is 1.09. The second-order valence-corrected chi connectivity index (χ2v) is 1.41. The van der Waals surface area contributed by atoms with Gasteiger partial charge in [0.25, 0.3) is 0 Å². The largest absolute Gasteiger partial charge is 0.0979 e. The van der Waals surface area contributed by atoms with Gasteiger partial charge in [0, 0.05) is 6.42 Å².